The molecule has 0 amide bonds. The molecule has 0 saturated heterocycles. The summed E-state index contributed by atoms with van der Waals surface area (Å²) in [6.45, 7) is 9.82. The van der Waals surface area contributed by atoms with E-state index in [-0.39, 0.29) is 5.78 Å². The molecule has 0 N–H and O–H groups in total. The Morgan fingerprint density at radius 3 is 1.59 bits per heavy atom. The molecule has 0 atom stereocenters. The van der Waals surface area contributed by atoms with Gasteiger partial charge in [-0.25, -0.2) is 9.97 Å². The van der Waals surface area contributed by atoms with Gasteiger partial charge in [-0.2, -0.15) is 0 Å². The van der Waals surface area contributed by atoms with Gasteiger partial charge in [0, 0.05) is 64.0 Å². The van der Waals surface area contributed by atoms with Gasteiger partial charge < -0.3 is 9.13 Å². The van der Waals surface area contributed by atoms with Gasteiger partial charge in [0.25, 0.3) is 0 Å². The quantitative estimate of drug-likeness (QED) is 0.194. The number of rotatable bonds is 15. The Morgan fingerprint density at radius 2 is 1.13 bits per heavy atom. The van der Waals surface area contributed by atoms with E-state index in [0.29, 0.717) is 19.5 Å². The molecular formula is C32H42N6O. The zero-order valence-electron chi connectivity index (χ0n) is 23.9. The predicted octanol–water partition coefficient (Wildman–Crippen LogP) is 5.40. The number of Topliss-reactive ketones (excluding diaryl/α,β-unsaturated/α-hetero) is 1. The summed E-state index contributed by atoms with van der Waals surface area (Å²) in [6, 6.07) is 16.6. The van der Waals surface area contributed by atoms with E-state index in [0.717, 1.165) is 67.4 Å². The lowest BCUT2D eigenvalue weighted by Crippen LogP contribution is -2.25. The lowest BCUT2D eigenvalue weighted by molar-refractivity contribution is 0.0993. The molecule has 2 aromatic carbocycles. The number of carbonyl (C=O) groups is 1. The van der Waals surface area contributed by atoms with E-state index in [1.54, 1.807) is 0 Å². The van der Waals surface area contributed by atoms with Crippen LogP contribution in [0.5, 0.6) is 0 Å². The third kappa shape index (κ3) is 8.22. The first-order valence-electron chi connectivity index (χ1n) is 14.0. The van der Waals surface area contributed by atoms with E-state index in [4.69, 9.17) is 0 Å². The summed E-state index contributed by atoms with van der Waals surface area (Å²) in [5, 5.41) is 0. The number of nitrogens with zero attached hydrogens (tertiary/aromatic N) is 6. The van der Waals surface area contributed by atoms with E-state index in [1.165, 1.54) is 5.56 Å². The van der Waals surface area contributed by atoms with Crippen LogP contribution in [0.25, 0.3) is 0 Å². The van der Waals surface area contributed by atoms with E-state index >= 15 is 0 Å². The van der Waals surface area contributed by atoms with E-state index in [1.807, 2.05) is 60.1 Å². The largest absolute Gasteiger partial charge is 0.337 e. The zero-order chi connectivity index (χ0) is 27.6. The molecule has 4 aromatic rings. The summed E-state index contributed by atoms with van der Waals surface area (Å²) in [6.07, 6.45) is 10.3. The highest BCUT2D eigenvalue weighted by atomic mass is 16.1. The zero-order valence-corrected chi connectivity index (χ0v) is 23.9. The molecule has 0 fully saturated rings. The number of aryl methyl sites for hydroxylation is 2. The molecule has 2 heterocycles. The minimum atomic E-state index is 0.144. The lowest BCUT2D eigenvalue weighted by atomic mass is 10.0. The van der Waals surface area contributed by atoms with Gasteiger partial charge in [-0.05, 0) is 42.6 Å². The molecule has 39 heavy (non-hydrogen) atoms. The maximum Gasteiger partial charge on any atom is 0.167 e. The Hall–Kier alpha value is -3.55. The molecule has 0 aliphatic rings. The van der Waals surface area contributed by atoms with Crippen molar-refractivity contribution in [1.82, 2.24) is 28.9 Å². The third-order valence-electron chi connectivity index (χ3n) is 7.13. The minimum absolute atomic E-state index is 0.144. The average Bonchev–Trinajstić information content (AvgIpc) is 3.53. The van der Waals surface area contributed by atoms with Crippen LogP contribution in [-0.4, -0.2) is 47.8 Å². The first-order chi connectivity index (χ1) is 18.9. The second-order valence-electron chi connectivity index (χ2n) is 10.4. The van der Waals surface area contributed by atoms with Crippen LogP contribution in [0.1, 0.15) is 65.4 Å². The van der Waals surface area contributed by atoms with Gasteiger partial charge in [-0.1, -0.05) is 62.4 Å². The van der Waals surface area contributed by atoms with Gasteiger partial charge in [0.1, 0.15) is 11.6 Å². The monoisotopic (exact) mass is 526 g/mol. The third-order valence-corrected chi connectivity index (χ3v) is 7.13. The topological polar surface area (TPSA) is 59.2 Å². The number of imidazole rings is 2. The Morgan fingerprint density at radius 1 is 0.667 bits per heavy atom. The summed E-state index contributed by atoms with van der Waals surface area (Å²) >= 11 is 0. The van der Waals surface area contributed by atoms with Gasteiger partial charge in [-0.15, -0.1) is 0 Å². The van der Waals surface area contributed by atoms with E-state index in [9.17, 15) is 4.79 Å². The van der Waals surface area contributed by atoms with E-state index in [2.05, 4.69) is 70.0 Å². The second kappa shape index (κ2) is 14.0. The van der Waals surface area contributed by atoms with Crippen molar-refractivity contribution in [3.63, 3.8) is 0 Å². The minimum Gasteiger partial charge on any atom is -0.337 e. The van der Waals surface area contributed by atoms with Crippen molar-refractivity contribution in [2.45, 2.75) is 59.3 Å². The van der Waals surface area contributed by atoms with Crippen LogP contribution >= 0.6 is 0 Å². The molecule has 0 aliphatic carbocycles. The number of aromatic nitrogens is 4. The van der Waals surface area contributed by atoms with Crippen LogP contribution in [0.3, 0.4) is 0 Å². The first kappa shape index (κ1) is 28.5. The number of benzene rings is 2. The van der Waals surface area contributed by atoms with Gasteiger partial charge in [0.05, 0.1) is 13.1 Å². The fourth-order valence-corrected chi connectivity index (χ4v) is 4.93. The maximum absolute atomic E-state index is 13.0. The van der Waals surface area contributed by atoms with Crippen molar-refractivity contribution in [3.05, 3.63) is 107 Å². The SMILES string of the molecule is CCCN(CCC)Cc1ccc(CC(=O)c2ccc(CN(Cc3nccn3C)Cc3nccn3C)cc2)cc1. The summed E-state index contributed by atoms with van der Waals surface area (Å²) in [5.41, 5.74) is 4.27. The lowest BCUT2D eigenvalue weighted by Gasteiger charge is -2.22. The van der Waals surface area contributed by atoms with Crippen LogP contribution in [0.15, 0.2) is 73.3 Å². The summed E-state index contributed by atoms with van der Waals surface area (Å²) in [4.78, 5) is 26.9. The van der Waals surface area contributed by atoms with Gasteiger partial charge >= 0.3 is 0 Å². The molecule has 0 bridgehead atoms. The normalized spacial score (nSPS) is 11.5. The van der Waals surface area contributed by atoms with Crippen molar-refractivity contribution in [2.24, 2.45) is 14.1 Å². The molecule has 0 radical (unpaired) electrons. The van der Waals surface area contributed by atoms with Crippen LogP contribution in [0, 0.1) is 0 Å². The van der Waals surface area contributed by atoms with E-state index < -0.39 is 0 Å². The van der Waals surface area contributed by atoms with Crippen molar-refractivity contribution in [3.8, 4) is 0 Å². The fourth-order valence-electron chi connectivity index (χ4n) is 4.93. The summed E-state index contributed by atoms with van der Waals surface area (Å²) in [5.74, 6) is 2.15. The second-order valence-corrected chi connectivity index (χ2v) is 10.4. The number of hydrogen-bond acceptors (Lipinski definition) is 5. The molecule has 0 spiro atoms. The van der Waals surface area contributed by atoms with Crippen LogP contribution in [-0.2, 0) is 46.7 Å². The smallest absolute Gasteiger partial charge is 0.167 e. The van der Waals surface area contributed by atoms with Crippen molar-refractivity contribution in [1.29, 1.82) is 0 Å². The van der Waals surface area contributed by atoms with Crippen molar-refractivity contribution >= 4 is 5.78 Å². The highest BCUT2D eigenvalue weighted by Crippen LogP contribution is 2.16. The van der Waals surface area contributed by atoms with Crippen molar-refractivity contribution in [2.75, 3.05) is 13.1 Å². The molecule has 2 aromatic heterocycles. The molecule has 206 valence electrons. The highest BCUT2D eigenvalue weighted by Gasteiger charge is 2.14. The predicted molar refractivity (Wildman–Crippen MR) is 156 cm³/mol. The molecule has 0 unspecified atom stereocenters. The van der Waals surface area contributed by atoms with Crippen LogP contribution in [0.4, 0.5) is 0 Å². The summed E-state index contributed by atoms with van der Waals surface area (Å²) < 4.78 is 4.10. The Kier molecular flexibility index (Phi) is 10.2. The molecule has 4 rings (SSSR count). The fraction of sp³-hybridized carbons (Fsp3) is 0.406. The van der Waals surface area contributed by atoms with Gasteiger partial charge in [0.15, 0.2) is 5.78 Å². The first-order valence-corrected chi connectivity index (χ1v) is 14.0. The van der Waals surface area contributed by atoms with Gasteiger partial charge in [0.2, 0.25) is 0 Å². The summed E-state index contributed by atoms with van der Waals surface area (Å²) in [7, 11) is 4.03. The number of carbonyl (C=O) groups excluding carboxylic acids is 1. The Labute approximate surface area is 233 Å². The Bertz CT molecular complexity index is 1260. The van der Waals surface area contributed by atoms with Crippen LogP contribution < -0.4 is 0 Å². The van der Waals surface area contributed by atoms with Crippen LogP contribution in [0.2, 0.25) is 0 Å². The average molecular weight is 527 g/mol. The van der Waals surface area contributed by atoms with Crippen molar-refractivity contribution < 1.29 is 4.79 Å². The standard InChI is InChI=1S/C32H42N6O/c1-5-17-37(18-6-2)22-27-9-7-26(8-10-27)21-30(39)29-13-11-28(12-14-29)23-38(24-31-33-15-19-35(31)3)25-32-34-16-20-36(32)4/h7-16,19-20H,5-6,17-18,21-25H2,1-4H3. The maximum atomic E-state index is 13.0. The molecule has 7 heteroatoms. The molecule has 7 nitrogen and oxygen atoms in total. The molecule has 0 aliphatic heterocycles. The van der Waals surface area contributed by atoms with Gasteiger partial charge in [-0.3, -0.25) is 14.6 Å². The highest BCUT2D eigenvalue weighted by molar-refractivity contribution is 5.97. The molecular weight excluding hydrogens is 484 g/mol. The number of hydrogen-bond donors (Lipinski definition) is 0. The Balaban J connectivity index is 1.37. The number of ketones is 1. The molecule has 0 saturated carbocycles.